The lowest BCUT2D eigenvalue weighted by Crippen LogP contribution is -2.49. The van der Waals surface area contributed by atoms with Crippen LogP contribution in [0.15, 0.2) is 24.3 Å². The van der Waals surface area contributed by atoms with Crippen molar-refractivity contribution in [3.05, 3.63) is 29.8 Å². The maximum absolute atomic E-state index is 11.8. The van der Waals surface area contributed by atoms with Crippen LogP contribution in [-0.4, -0.2) is 46.2 Å². The summed E-state index contributed by atoms with van der Waals surface area (Å²) >= 11 is 0. The molecule has 1 fully saturated rings. The highest BCUT2D eigenvalue weighted by Crippen LogP contribution is 2.18. The van der Waals surface area contributed by atoms with Crippen LogP contribution in [0.2, 0.25) is 0 Å². The summed E-state index contributed by atoms with van der Waals surface area (Å²) in [5.41, 5.74) is 0.755. The number of hydrogen-bond acceptors (Lipinski definition) is 4. The normalized spacial score (nSPS) is 19.5. The maximum Gasteiger partial charge on any atom is 0.305 e. The molecule has 0 aliphatic carbocycles. The Morgan fingerprint density at radius 1 is 1.47 bits per heavy atom. The van der Waals surface area contributed by atoms with Crippen LogP contribution in [0.1, 0.15) is 12.0 Å². The third-order valence-corrected chi connectivity index (χ3v) is 2.97. The number of morpholine rings is 1. The molecule has 19 heavy (non-hydrogen) atoms. The summed E-state index contributed by atoms with van der Waals surface area (Å²) in [6.07, 6.45) is -0.148. The first kappa shape index (κ1) is 13.4. The standard InChI is InChI=1S/C13H15NO5/c15-11-3-1-2-9(4-11)6-14-10(5-13(17)18)7-19-8-12(14)16/h1-4,10,15H,5-8H2,(H,17,18). The molecule has 2 N–H and O–H groups in total. The van der Waals surface area contributed by atoms with E-state index in [4.69, 9.17) is 9.84 Å². The van der Waals surface area contributed by atoms with E-state index in [1.165, 1.54) is 4.90 Å². The number of ether oxygens (including phenoxy) is 1. The monoisotopic (exact) mass is 265 g/mol. The second-order valence-electron chi connectivity index (χ2n) is 4.46. The molecule has 1 aliphatic heterocycles. The highest BCUT2D eigenvalue weighted by Gasteiger charge is 2.30. The Morgan fingerprint density at radius 2 is 2.26 bits per heavy atom. The molecule has 6 heteroatoms. The molecule has 1 aliphatic rings. The smallest absolute Gasteiger partial charge is 0.305 e. The van der Waals surface area contributed by atoms with Gasteiger partial charge in [0.2, 0.25) is 5.91 Å². The van der Waals surface area contributed by atoms with E-state index >= 15 is 0 Å². The van der Waals surface area contributed by atoms with E-state index < -0.39 is 12.0 Å². The summed E-state index contributed by atoms with van der Waals surface area (Å²) < 4.78 is 5.08. The summed E-state index contributed by atoms with van der Waals surface area (Å²) in [6, 6.07) is 6.09. The van der Waals surface area contributed by atoms with E-state index in [9.17, 15) is 14.7 Å². The third kappa shape index (κ3) is 3.45. The van der Waals surface area contributed by atoms with Crippen molar-refractivity contribution in [2.24, 2.45) is 0 Å². The molecule has 1 saturated heterocycles. The van der Waals surface area contributed by atoms with Crippen LogP contribution in [0.25, 0.3) is 0 Å². The first-order valence-corrected chi connectivity index (χ1v) is 5.93. The first-order chi connectivity index (χ1) is 9.06. The zero-order chi connectivity index (χ0) is 13.8. The fourth-order valence-corrected chi connectivity index (χ4v) is 2.10. The topological polar surface area (TPSA) is 87.1 Å². The van der Waals surface area contributed by atoms with Crippen LogP contribution in [0.4, 0.5) is 0 Å². The minimum Gasteiger partial charge on any atom is -0.508 e. The second-order valence-corrected chi connectivity index (χ2v) is 4.46. The molecule has 0 aromatic heterocycles. The molecule has 2 rings (SSSR count). The SMILES string of the molecule is O=C(O)CC1COCC(=O)N1Cc1cccc(O)c1. The average Bonchev–Trinajstić information content (AvgIpc) is 2.33. The molecular formula is C13H15NO5. The van der Waals surface area contributed by atoms with E-state index in [1.807, 2.05) is 0 Å². The summed E-state index contributed by atoms with van der Waals surface area (Å²) in [5, 5.41) is 18.2. The molecule has 0 bridgehead atoms. The van der Waals surface area contributed by atoms with Gasteiger partial charge in [0.05, 0.1) is 19.1 Å². The second kappa shape index (κ2) is 5.71. The van der Waals surface area contributed by atoms with Crippen molar-refractivity contribution >= 4 is 11.9 Å². The molecule has 1 atom stereocenters. The highest BCUT2D eigenvalue weighted by molar-refractivity contribution is 5.79. The molecule has 102 valence electrons. The number of phenolic OH excluding ortho intramolecular Hbond substituents is 1. The van der Waals surface area contributed by atoms with Gasteiger partial charge in [0.15, 0.2) is 0 Å². The van der Waals surface area contributed by atoms with Crippen molar-refractivity contribution in [1.82, 2.24) is 4.90 Å². The minimum atomic E-state index is -0.968. The molecule has 1 aromatic carbocycles. The molecule has 0 radical (unpaired) electrons. The number of carbonyl (C=O) groups is 2. The van der Waals surface area contributed by atoms with Gasteiger partial charge in [0.1, 0.15) is 12.4 Å². The molecule has 0 spiro atoms. The van der Waals surface area contributed by atoms with Gasteiger partial charge < -0.3 is 19.8 Å². The van der Waals surface area contributed by atoms with Crippen molar-refractivity contribution in [3.63, 3.8) is 0 Å². The zero-order valence-electron chi connectivity index (χ0n) is 10.3. The van der Waals surface area contributed by atoms with Gasteiger partial charge in [0.25, 0.3) is 0 Å². The highest BCUT2D eigenvalue weighted by atomic mass is 16.5. The van der Waals surface area contributed by atoms with Crippen LogP contribution in [0.3, 0.4) is 0 Å². The van der Waals surface area contributed by atoms with Crippen molar-refractivity contribution in [2.75, 3.05) is 13.2 Å². The Labute approximate surface area is 110 Å². The predicted octanol–water partition coefficient (Wildman–Crippen LogP) is 0.594. The predicted molar refractivity (Wildman–Crippen MR) is 65.5 cm³/mol. The van der Waals surface area contributed by atoms with E-state index in [0.29, 0.717) is 0 Å². The number of carboxylic acids is 1. The number of carbonyl (C=O) groups excluding carboxylic acids is 1. The number of aromatic hydroxyl groups is 1. The number of hydrogen-bond donors (Lipinski definition) is 2. The van der Waals surface area contributed by atoms with Gasteiger partial charge in [-0.1, -0.05) is 12.1 Å². The number of rotatable bonds is 4. The van der Waals surface area contributed by atoms with Gasteiger partial charge in [-0.25, -0.2) is 0 Å². The Morgan fingerprint density at radius 3 is 2.95 bits per heavy atom. The van der Waals surface area contributed by atoms with E-state index in [1.54, 1.807) is 24.3 Å². The quantitative estimate of drug-likeness (QED) is 0.832. The van der Waals surface area contributed by atoms with Gasteiger partial charge in [-0.2, -0.15) is 0 Å². The first-order valence-electron chi connectivity index (χ1n) is 5.93. The summed E-state index contributed by atoms with van der Waals surface area (Å²) in [4.78, 5) is 24.1. The largest absolute Gasteiger partial charge is 0.508 e. The van der Waals surface area contributed by atoms with Crippen molar-refractivity contribution < 1.29 is 24.5 Å². The summed E-state index contributed by atoms with van der Waals surface area (Å²) in [7, 11) is 0. The Hall–Kier alpha value is -2.08. The van der Waals surface area contributed by atoms with Crippen LogP contribution < -0.4 is 0 Å². The van der Waals surface area contributed by atoms with Crippen LogP contribution in [0, 0.1) is 0 Å². The molecule has 1 amide bonds. The Kier molecular flexibility index (Phi) is 4.01. The minimum absolute atomic E-state index is 0.0328. The van der Waals surface area contributed by atoms with Crippen molar-refractivity contribution in [3.8, 4) is 5.75 Å². The summed E-state index contributed by atoms with van der Waals surface area (Å²) in [5.74, 6) is -1.09. The molecule has 6 nitrogen and oxygen atoms in total. The number of aliphatic carboxylic acids is 1. The maximum atomic E-state index is 11.8. The number of benzene rings is 1. The van der Waals surface area contributed by atoms with Crippen LogP contribution in [-0.2, 0) is 20.9 Å². The number of carboxylic acid groups (broad SMARTS) is 1. The molecule has 1 heterocycles. The fourth-order valence-electron chi connectivity index (χ4n) is 2.10. The van der Waals surface area contributed by atoms with Gasteiger partial charge in [0, 0.05) is 6.54 Å². The van der Waals surface area contributed by atoms with E-state index in [2.05, 4.69) is 0 Å². The molecule has 1 unspecified atom stereocenters. The molecule has 1 aromatic rings. The number of nitrogens with zero attached hydrogens (tertiary/aromatic N) is 1. The summed E-state index contributed by atoms with van der Waals surface area (Å²) in [6.45, 7) is 0.459. The van der Waals surface area contributed by atoms with Gasteiger partial charge in [-0.05, 0) is 17.7 Å². The lowest BCUT2D eigenvalue weighted by Gasteiger charge is -2.34. The Balaban J connectivity index is 2.13. The average molecular weight is 265 g/mol. The van der Waals surface area contributed by atoms with Crippen molar-refractivity contribution in [1.29, 1.82) is 0 Å². The van der Waals surface area contributed by atoms with Gasteiger partial charge >= 0.3 is 5.97 Å². The van der Waals surface area contributed by atoms with Crippen molar-refractivity contribution in [2.45, 2.75) is 19.0 Å². The van der Waals surface area contributed by atoms with E-state index in [-0.39, 0.29) is 37.8 Å². The van der Waals surface area contributed by atoms with Gasteiger partial charge in [-0.15, -0.1) is 0 Å². The van der Waals surface area contributed by atoms with Gasteiger partial charge in [-0.3, -0.25) is 9.59 Å². The Bertz CT molecular complexity index is 488. The molecule has 0 saturated carbocycles. The number of phenols is 1. The van der Waals surface area contributed by atoms with Crippen LogP contribution in [0.5, 0.6) is 5.75 Å². The number of amides is 1. The van der Waals surface area contributed by atoms with E-state index in [0.717, 1.165) is 5.56 Å². The molecular weight excluding hydrogens is 250 g/mol. The fraction of sp³-hybridized carbons (Fsp3) is 0.385. The van der Waals surface area contributed by atoms with Crippen LogP contribution >= 0.6 is 0 Å². The lowest BCUT2D eigenvalue weighted by atomic mass is 10.1. The zero-order valence-corrected chi connectivity index (χ0v) is 10.3. The third-order valence-electron chi connectivity index (χ3n) is 2.97. The lowest BCUT2D eigenvalue weighted by molar-refractivity contribution is -0.152.